The Morgan fingerprint density at radius 1 is 1.00 bits per heavy atom. The molecule has 2 aromatic carbocycles. The molecule has 0 radical (unpaired) electrons. The van der Waals surface area contributed by atoms with Crippen molar-refractivity contribution in [3.63, 3.8) is 0 Å². The van der Waals surface area contributed by atoms with Gasteiger partial charge in [-0.25, -0.2) is 8.42 Å². The smallest absolute Gasteiger partial charge is 0.323 e. The molecule has 3 heterocycles. The van der Waals surface area contributed by atoms with Crippen LogP contribution in [0.1, 0.15) is 12.6 Å². The highest BCUT2D eigenvalue weighted by Gasteiger charge is 2.23. The van der Waals surface area contributed by atoms with Gasteiger partial charge in [-0.1, -0.05) is 48.4 Å². The Hall–Kier alpha value is -3.43. The standard InChI is InChI=1S/C19H14N5.C2H6O3S/c1-13-17-20-21-18(15-8-3-2-4-9-15)24(17)19-16-10-6-5-7-14(16)11-12-23(19)22-13;1-2-6(3,4)5/h2-12H,1H3;2H2,1H3,(H,3,4,5)/q+1;/p-1. The molecule has 0 fully saturated rings. The molecule has 8 nitrogen and oxygen atoms in total. The van der Waals surface area contributed by atoms with Crippen LogP contribution >= 0.6 is 0 Å². The van der Waals surface area contributed by atoms with Gasteiger partial charge in [0.2, 0.25) is 0 Å². The fraction of sp³-hybridized carbons (Fsp3) is 0.143. The lowest BCUT2D eigenvalue weighted by Crippen LogP contribution is -2.30. The van der Waals surface area contributed by atoms with Crippen molar-refractivity contribution in [2.24, 2.45) is 0 Å². The van der Waals surface area contributed by atoms with Crippen LogP contribution < -0.4 is 4.52 Å². The van der Waals surface area contributed by atoms with Crippen molar-refractivity contribution in [3.8, 4) is 11.4 Å². The lowest BCUT2D eigenvalue weighted by Gasteiger charge is -2.02. The maximum Gasteiger partial charge on any atom is 0.323 e. The van der Waals surface area contributed by atoms with Crippen LogP contribution in [0.3, 0.4) is 0 Å². The van der Waals surface area contributed by atoms with Crippen LogP contribution in [-0.2, 0) is 10.1 Å². The van der Waals surface area contributed by atoms with Gasteiger partial charge in [-0.3, -0.25) is 0 Å². The normalized spacial score (nSPS) is 11.6. The first-order valence-corrected chi connectivity index (χ1v) is 10.9. The van der Waals surface area contributed by atoms with E-state index in [9.17, 15) is 13.0 Å². The van der Waals surface area contributed by atoms with Crippen molar-refractivity contribution < 1.29 is 17.5 Å². The largest absolute Gasteiger partial charge is 0.748 e. The van der Waals surface area contributed by atoms with Crippen LogP contribution in [0.5, 0.6) is 0 Å². The van der Waals surface area contributed by atoms with Gasteiger partial charge in [0.1, 0.15) is 11.9 Å². The number of hydrogen-bond acceptors (Lipinski definition) is 6. The van der Waals surface area contributed by atoms with Gasteiger partial charge in [0.25, 0.3) is 11.5 Å². The third kappa shape index (κ3) is 3.72. The summed E-state index contributed by atoms with van der Waals surface area (Å²) in [5, 5.41) is 15.8. The summed E-state index contributed by atoms with van der Waals surface area (Å²) in [5.74, 6) is 0.512. The first-order chi connectivity index (χ1) is 14.4. The van der Waals surface area contributed by atoms with Gasteiger partial charge in [0, 0.05) is 11.3 Å². The van der Waals surface area contributed by atoms with Gasteiger partial charge >= 0.3 is 5.65 Å². The van der Waals surface area contributed by atoms with Crippen LogP contribution in [0, 0.1) is 6.92 Å². The molecule has 30 heavy (non-hydrogen) atoms. The van der Waals surface area contributed by atoms with Crippen molar-refractivity contribution in [1.29, 1.82) is 0 Å². The van der Waals surface area contributed by atoms with Crippen molar-refractivity contribution in [2.45, 2.75) is 13.8 Å². The Balaban J connectivity index is 0.000000322. The molecule has 0 spiro atoms. The van der Waals surface area contributed by atoms with Gasteiger partial charge in [-0.15, -0.1) is 14.7 Å². The maximum atomic E-state index is 9.44. The molecule has 0 saturated carbocycles. The minimum absolute atomic E-state index is 0.312. The molecular formula is C21H19N5O3S. The fourth-order valence-corrected chi connectivity index (χ4v) is 3.19. The van der Waals surface area contributed by atoms with E-state index in [2.05, 4.69) is 37.9 Å². The van der Waals surface area contributed by atoms with E-state index in [0.29, 0.717) is 0 Å². The second-order valence-electron chi connectivity index (χ2n) is 6.65. The zero-order valence-corrected chi connectivity index (χ0v) is 17.2. The number of aromatic nitrogens is 5. The van der Waals surface area contributed by atoms with Crippen LogP contribution in [0.2, 0.25) is 0 Å². The van der Waals surface area contributed by atoms with E-state index in [0.717, 1.165) is 39.1 Å². The third-order valence-corrected chi connectivity index (χ3v) is 5.36. The number of nitrogens with zero attached hydrogens (tertiary/aromatic N) is 5. The average Bonchev–Trinajstić information content (AvgIpc) is 3.20. The van der Waals surface area contributed by atoms with Gasteiger partial charge in [0.15, 0.2) is 0 Å². The van der Waals surface area contributed by atoms with Crippen molar-refractivity contribution >= 4 is 32.2 Å². The van der Waals surface area contributed by atoms with E-state index in [4.69, 9.17) is 0 Å². The highest BCUT2D eigenvalue weighted by Crippen LogP contribution is 2.23. The number of pyridine rings is 1. The number of benzene rings is 2. The molecule has 0 aliphatic heterocycles. The van der Waals surface area contributed by atoms with E-state index in [1.165, 1.54) is 6.92 Å². The Bertz CT molecular complexity index is 1460. The number of rotatable bonds is 2. The Morgan fingerprint density at radius 3 is 2.37 bits per heavy atom. The monoisotopic (exact) mass is 421 g/mol. The van der Waals surface area contributed by atoms with E-state index in [1.807, 2.05) is 60.1 Å². The summed E-state index contributed by atoms with van der Waals surface area (Å²) < 4.78 is 32.3. The predicted molar refractivity (Wildman–Crippen MR) is 112 cm³/mol. The van der Waals surface area contributed by atoms with Crippen LogP contribution in [-0.4, -0.2) is 38.4 Å². The van der Waals surface area contributed by atoms with Gasteiger partial charge in [-0.2, -0.15) is 4.40 Å². The molecule has 0 aliphatic carbocycles. The summed E-state index contributed by atoms with van der Waals surface area (Å²) in [7, 11) is -3.91. The minimum atomic E-state index is -3.91. The average molecular weight is 421 g/mol. The van der Waals surface area contributed by atoms with E-state index >= 15 is 0 Å². The Kier molecular flexibility index (Phi) is 5.15. The molecule has 0 unspecified atom stereocenters. The SMILES string of the molecule is CCS(=O)(=O)[O-].Cc1n[n+]2ccc3ccccc3c2n2c(-c3ccccc3)nnc12. The number of hydrogen-bond donors (Lipinski definition) is 0. The first-order valence-electron chi connectivity index (χ1n) is 9.33. The molecule has 0 atom stereocenters. The molecule has 0 saturated heterocycles. The highest BCUT2D eigenvalue weighted by molar-refractivity contribution is 7.85. The first kappa shape index (κ1) is 19.9. The topological polar surface area (TPSA) is 104 Å². The lowest BCUT2D eigenvalue weighted by atomic mass is 10.1. The van der Waals surface area contributed by atoms with Crippen molar-refractivity contribution in [3.05, 3.63) is 72.6 Å². The summed E-state index contributed by atoms with van der Waals surface area (Å²) in [6.45, 7) is 3.27. The molecular weight excluding hydrogens is 402 g/mol. The summed E-state index contributed by atoms with van der Waals surface area (Å²) in [6.07, 6.45) is 1.98. The van der Waals surface area contributed by atoms with Crippen molar-refractivity contribution in [1.82, 2.24) is 19.7 Å². The van der Waals surface area contributed by atoms with E-state index < -0.39 is 10.1 Å². The van der Waals surface area contributed by atoms with Crippen molar-refractivity contribution in [2.75, 3.05) is 5.75 Å². The van der Waals surface area contributed by atoms with Crippen LogP contribution in [0.15, 0.2) is 66.9 Å². The zero-order valence-electron chi connectivity index (χ0n) is 16.4. The molecule has 9 heteroatoms. The summed E-state index contributed by atoms with van der Waals surface area (Å²) in [4.78, 5) is 0. The van der Waals surface area contributed by atoms with E-state index in [1.54, 1.807) is 0 Å². The third-order valence-electron chi connectivity index (χ3n) is 4.66. The maximum absolute atomic E-state index is 9.44. The minimum Gasteiger partial charge on any atom is -0.748 e. The van der Waals surface area contributed by atoms with Crippen LogP contribution in [0.25, 0.3) is 33.5 Å². The predicted octanol–water partition coefficient (Wildman–Crippen LogP) is 2.54. The van der Waals surface area contributed by atoms with E-state index in [-0.39, 0.29) is 5.75 Å². The lowest BCUT2D eigenvalue weighted by molar-refractivity contribution is -0.583. The second kappa shape index (κ2) is 7.77. The molecule has 0 N–H and O–H groups in total. The Labute approximate surface area is 173 Å². The quantitative estimate of drug-likeness (QED) is 0.246. The van der Waals surface area contributed by atoms with Crippen LogP contribution in [0.4, 0.5) is 0 Å². The number of fused-ring (bicyclic) bond motifs is 5. The Morgan fingerprint density at radius 2 is 1.67 bits per heavy atom. The van der Waals surface area contributed by atoms with Gasteiger partial charge in [-0.05, 0) is 36.6 Å². The second-order valence-corrected chi connectivity index (χ2v) is 8.34. The van der Waals surface area contributed by atoms with Gasteiger partial charge < -0.3 is 4.55 Å². The summed E-state index contributed by atoms with van der Waals surface area (Å²) in [5.41, 5.74) is 3.63. The molecule has 0 amide bonds. The molecule has 0 aliphatic rings. The molecule has 0 bridgehead atoms. The summed E-state index contributed by atoms with van der Waals surface area (Å²) in [6, 6.07) is 20.5. The fourth-order valence-electron chi connectivity index (χ4n) is 3.19. The molecule has 5 aromatic rings. The molecule has 152 valence electrons. The van der Waals surface area contributed by atoms with Gasteiger partial charge in [0.05, 0.1) is 15.5 Å². The molecule has 5 rings (SSSR count). The highest BCUT2D eigenvalue weighted by atomic mass is 32.2. The summed E-state index contributed by atoms with van der Waals surface area (Å²) >= 11 is 0. The molecule has 3 aromatic heterocycles. The zero-order chi connectivity index (χ0) is 21.3. The number of aryl methyl sites for hydroxylation is 1.